The van der Waals surface area contributed by atoms with Crippen molar-refractivity contribution in [3.63, 3.8) is 0 Å². The van der Waals surface area contributed by atoms with Crippen LogP contribution < -0.4 is 0 Å². The summed E-state index contributed by atoms with van der Waals surface area (Å²) < 4.78 is 0. The van der Waals surface area contributed by atoms with Crippen molar-refractivity contribution in [1.82, 2.24) is 9.97 Å². The number of rotatable bonds is 7. The number of aryl methyl sites for hydroxylation is 1. The van der Waals surface area contributed by atoms with Crippen LogP contribution in [0.3, 0.4) is 0 Å². The maximum atomic E-state index is 4.60. The lowest BCUT2D eigenvalue weighted by Crippen LogP contribution is -1.92. The van der Waals surface area contributed by atoms with Crippen LogP contribution in [0.4, 0.5) is 0 Å². The Labute approximate surface area is 115 Å². The van der Waals surface area contributed by atoms with Crippen LogP contribution in [0.1, 0.15) is 44.7 Å². The second-order valence-electron chi connectivity index (χ2n) is 4.87. The van der Waals surface area contributed by atoms with Crippen molar-refractivity contribution in [3.8, 4) is 0 Å². The monoisotopic (exact) mass is 254 g/mol. The summed E-state index contributed by atoms with van der Waals surface area (Å²) >= 11 is 0. The summed E-state index contributed by atoms with van der Waals surface area (Å²) in [5, 5.41) is 1.12. The molecule has 0 aliphatic rings. The van der Waals surface area contributed by atoms with Crippen molar-refractivity contribution >= 4 is 11.0 Å². The van der Waals surface area contributed by atoms with Gasteiger partial charge in [0.1, 0.15) is 0 Å². The molecule has 2 heteroatoms. The number of unbranched alkanes of at least 4 members (excludes halogenated alkanes) is 4. The van der Waals surface area contributed by atoms with Crippen molar-refractivity contribution in [2.45, 2.75) is 45.4 Å². The van der Waals surface area contributed by atoms with Gasteiger partial charge in [0.2, 0.25) is 0 Å². The van der Waals surface area contributed by atoms with Gasteiger partial charge in [-0.3, -0.25) is 0 Å². The highest BCUT2D eigenvalue weighted by molar-refractivity contribution is 5.74. The number of hydrogen-bond acceptors (Lipinski definition) is 2. The number of allylic oxidation sites excluding steroid dienone is 2. The SMILES string of the molecule is C/C=C/CCCCCCc1ccc2cccnc2n1. The second-order valence-corrected chi connectivity index (χ2v) is 4.87. The molecule has 19 heavy (non-hydrogen) atoms. The van der Waals surface area contributed by atoms with E-state index >= 15 is 0 Å². The minimum atomic E-state index is 0.869. The fourth-order valence-electron chi connectivity index (χ4n) is 2.22. The molecule has 2 aromatic rings. The molecule has 0 saturated heterocycles. The first-order valence-corrected chi connectivity index (χ1v) is 7.22. The molecular weight excluding hydrogens is 232 g/mol. The van der Waals surface area contributed by atoms with Gasteiger partial charge in [0, 0.05) is 17.3 Å². The van der Waals surface area contributed by atoms with E-state index in [1.165, 1.54) is 37.8 Å². The van der Waals surface area contributed by atoms with E-state index < -0.39 is 0 Å². The van der Waals surface area contributed by atoms with Gasteiger partial charge in [0.15, 0.2) is 5.65 Å². The van der Waals surface area contributed by atoms with E-state index in [-0.39, 0.29) is 0 Å². The lowest BCUT2D eigenvalue weighted by molar-refractivity contribution is 0.642. The Hall–Kier alpha value is -1.70. The Balaban J connectivity index is 1.75. The Morgan fingerprint density at radius 2 is 1.95 bits per heavy atom. The predicted molar refractivity (Wildman–Crippen MR) is 81.1 cm³/mol. The smallest absolute Gasteiger partial charge is 0.159 e. The molecule has 2 nitrogen and oxygen atoms in total. The number of fused-ring (bicyclic) bond motifs is 1. The van der Waals surface area contributed by atoms with Gasteiger partial charge in [-0.05, 0) is 56.9 Å². The molecule has 0 aromatic carbocycles. The van der Waals surface area contributed by atoms with E-state index in [4.69, 9.17) is 0 Å². The van der Waals surface area contributed by atoms with Gasteiger partial charge in [-0.1, -0.05) is 25.0 Å². The Morgan fingerprint density at radius 1 is 1.05 bits per heavy atom. The average Bonchev–Trinajstić information content (AvgIpc) is 2.46. The van der Waals surface area contributed by atoms with E-state index in [0.29, 0.717) is 0 Å². The van der Waals surface area contributed by atoms with Crippen LogP contribution in [0.2, 0.25) is 0 Å². The molecule has 100 valence electrons. The zero-order chi connectivity index (χ0) is 13.3. The van der Waals surface area contributed by atoms with E-state index in [1.54, 1.807) is 6.20 Å². The van der Waals surface area contributed by atoms with Crippen LogP contribution in [-0.4, -0.2) is 9.97 Å². The molecule has 2 rings (SSSR count). The lowest BCUT2D eigenvalue weighted by Gasteiger charge is -2.02. The highest BCUT2D eigenvalue weighted by atomic mass is 14.8. The molecule has 0 fully saturated rings. The van der Waals surface area contributed by atoms with Crippen molar-refractivity contribution in [1.29, 1.82) is 0 Å². The van der Waals surface area contributed by atoms with Gasteiger partial charge >= 0.3 is 0 Å². The molecule has 0 spiro atoms. The number of nitrogens with zero attached hydrogens (tertiary/aromatic N) is 2. The lowest BCUT2D eigenvalue weighted by atomic mass is 10.1. The molecule has 2 heterocycles. The van der Waals surface area contributed by atoms with Crippen LogP contribution in [0.25, 0.3) is 11.0 Å². The van der Waals surface area contributed by atoms with Gasteiger partial charge in [0.25, 0.3) is 0 Å². The summed E-state index contributed by atoms with van der Waals surface area (Å²) in [6.45, 7) is 2.08. The third-order valence-electron chi connectivity index (χ3n) is 3.31. The van der Waals surface area contributed by atoms with E-state index in [1.807, 2.05) is 6.07 Å². The van der Waals surface area contributed by atoms with Crippen LogP contribution in [0.15, 0.2) is 42.6 Å². The Kier molecular flexibility index (Phi) is 5.54. The molecule has 0 aliphatic heterocycles. The Bertz CT molecular complexity index is 532. The highest BCUT2D eigenvalue weighted by Crippen LogP contribution is 2.12. The molecule has 0 atom stereocenters. The molecular formula is C17H22N2. The fourth-order valence-corrected chi connectivity index (χ4v) is 2.22. The average molecular weight is 254 g/mol. The van der Waals surface area contributed by atoms with Crippen LogP contribution in [0, 0.1) is 0 Å². The zero-order valence-corrected chi connectivity index (χ0v) is 11.7. The number of hydrogen-bond donors (Lipinski definition) is 0. The first-order valence-electron chi connectivity index (χ1n) is 7.22. The molecule has 2 aromatic heterocycles. The van der Waals surface area contributed by atoms with Gasteiger partial charge < -0.3 is 0 Å². The summed E-state index contributed by atoms with van der Waals surface area (Å²) in [5.74, 6) is 0. The topological polar surface area (TPSA) is 25.8 Å². The third kappa shape index (κ3) is 4.47. The van der Waals surface area contributed by atoms with Crippen molar-refractivity contribution < 1.29 is 0 Å². The normalized spacial score (nSPS) is 11.4. The van der Waals surface area contributed by atoms with E-state index in [0.717, 1.165) is 17.5 Å². The number of aromatic nitrogens is 2. The fraction of sp³-hybridized carbons (Fsp3) is 0.412. The minimum Gasteiger partial charge on any atom is -0.237 e. The predicted octanol–water partition coefficient (Wildman–Crippen LogP) is 4.70. The summed E-state index contributed by atoms with van der Waals surface area (Å²) in [6.07, 6.45) is 13.6. The highest BCUT2D eigenvalue weighted by Gasteiger charge is 1.99. The summed E-state index contributed by atoms with van der Waals surface area (Å²) in [4.78, 5) is 8.90. The summed E-state index contributed by atoms with van der Waals surface area (Å²) in [5.41, 5.74) is 2.03. The van der Waals surface area contributed by atoms with Crippen molar-refractivity contribution in [3.05, 3.63) is 48.3 Å². The molecule has 0 radical (unpaired) electrons. The first-order chi connectivity index (χ1) is 9.40. The first kappa shape index (κ1) is 13.7. The van der Waals surface area contributed by atoms with Crippen molar-refractivity contribution in [2.24, 2.45) is 0 Å². The molecule has 0 unspecified atom stereocenters. The molecule has 0 N–H and O–H groups in total. The summed E-state index contributed by atoms with van der Waals surface area (Å²) in [6, 6.07) is 8.26. The minimum absolute atomic E-state index is 0.869. The molecule has 0 bridgehead atoms. The van der Waals surface area contributed by atoms with Crippen LogP contribution in [0.5, 0.6) is 0 Å². The van der Waals surface area contributed by atoms with Gasteiger partial charge in [-0.25, -0.2) is 9.97 Å². The Morgan fingerprint density at radius 3 is 2.84 bits per heavy atom. The standard InChI is InChI=1S/C17H22N2/c1-2-3-4-5-6-7-8-11-16-13-12-15-10-9-14-18-17(15)19-16/h2-3,9-10,12-14H,4-8,11H2,1H3/b3-2+. The number of pyridine rings is 2. The quantitative estimate of drug-likeness (QED) is 0.528. The van der Waals surface area contributed by atoms with Gasteiger partial charge in [0.05, 0.1) is 0 Å². The van der Waals surface area contributed by atoms with Gasteiger partial charge in [-0.15, -0.1) is 0 Å². The van der Waals surface area contributed by atoms with E-state index in [2.05, 4.69) is 47.2 Å². The van der Waals surface area contributed by atoms with E-state index in [9.17, 15) is 0 Å². The van der Waals surface area contributed by atoms with Gasteiger partial charge in [-0.2, -0.15) is 0 Å². The van der Waals surface area contributed by atoms with Crippen molar-refractivity contribution in [2.75, 3.05) is 0 Å². The molecule has 0 amide bonds. The second kappa shape index (κ2) is 7.67. The molecule has 0 aliphatic carbocycles. The maximum absolute atomic E-state index is 4.60. The summed E-state index contributed by atoms with van der Waals surface area (Å²) in [7, 11) is 0. The van der Waals surface area contributed by atoms with Crippen LogP contribution >= 0.6 is 0 Å². The largest absolute Gasteiger partial charge is 0.237 e. The maximum Gasteiger partial charge on any atom is 0.159 e. The zero-order valence-electron chi connectivity index (χ0n) is 11.7. The molecule has 0 saturated carbocycles. The van der Waals surface area contributed by atoms with Crippen LogP contribution in [-0.2, 0) is 6.42 Å². The third-order valence-corrected chi connectivity index (χ3v) is 3.31.